The summed E-state index contributed by atoms with van der Waals surface area (Å²) in [4.78, 5) is 12.1. The van der Waals surface area contributed by atoms with Gasteiger partial charge in [0.1, 0.15) is 6.10 Å². The topological polar surface area (TPSA) is 77.8 Å². The van der Waals surface area contributed by atoms with Gasteiger partial charge in [-0.3, -0.25) is 4.79 Å². The highest BCUT2D eigenvalue weighted by atomic mass is 16.3. The molecule has 28 heavy (non-hydrogen) atoms. The Balaban J connectivity index is 0.000000181. The van der Waals surface area contributed by atoms with Gasteiger partial charge in [-0.05, 0) is 24.5 Å². The number of rotatable bonds is 2. The molecule has 0 spiro atoms. The molecule has 0 aliphatic heterocycles. The summed E-state index contributed by atoms with van der Waals surface area (Å²) in [6.45, 7) is 1.35. The van der Waals surface area contributed by atoms with E-state index in [0.717, 1.165) is 28.7 Å². The van der Waals surface area contributed by atoms with Gasteiger partial charge in [0.25, 0.3) is 0 Å². The number of aryl methyl sites for hydroxylation is 1. The van der Waals surface area contributed by atoms with E-state index < -0.39 is 6.10 Å². The Morgan fingerprint density at radius 2 is 1.18 bits per heavy atom. The number of fused-ring (bicyclic) bond motifs is 2. The van der Waals surface area contributed by atoms with Crippen molar-refractivity contribution in [3.8, 4) is 0 Å². The minimum absolute atomic E-state index is 0.160. The van der Waals surface area contributed by atoms with E-state index in [4.69, 9.17) is 15.3 Å². The molecule has 1 aliphatic rings. The van der Waals surface area contributed by atoms with Crippen molar-refractivity contribution in [2.24, 2.45) is 0 Å². The van der Waals surface area contributed by atoms with Gasteiger partial charge in [0.05, 0.1) is 13.2 Å². The Morgan fingerprint density at radius 3 is 1.54 bits per heavy atom. The van der Waals surface area contributed by atoms with Gasteiger partial charge in [-0.2, -0.15) is 0 Å². The van der Waals surface area contributed by atoms with Crippen LogP contribution in [0.25, 0.3) is 0 Å². The molecule has 3 N–H and O–H groups in total. The zero-order valence-corrected chi connectivity index (χ0v) is 16.0. The lowest BCUT2D eigenvalue weighted by molar-refractivity contribution is 0.0450. The van der Waals surface area contributed by atoms with Crippen molar-refractivity contribution in [1.29, 1.82) is 0 Å². The van der Waals surface area contributed by atoms with Gasteiger partial charge in [-0.1, -0.05) is 84.4 Å². The number of benzene rings is 3. The van der Waals surface area contributed by atoms with Crippen molar-refractivity contribution in [3.05, 3.63) is 107 Å². The van der Waals surface area contributed by atoms with Gasteiger partial charge in [0.2, 0.25) is 0 Å². The van der Waals surface area contributed by atoms with Crippen LogP contribution in [0, 0.1) is 6.92 Å². The molecule has 4 nitrogen and oxygen atoms in total. The molecule has 0 saturated heterocycles. The first kappa shape index (κ1) is 21.5. The highest BCUT2D eigenvalue weighted by molar-refractivity contribution is 6.12. The van der Waals surface area contributed by atoms with Crippen LogP contribution in [0.1, 0.15) is 32.6 Å². The summed E-state index contributed by atoms with van der Waals surface area (Å²) < 4.78 is 0. The van der Waals surface area contributed by atoms with Crippen LogP contribution in [-0.4, -0.2) is 40.4 Å². The Bertz CT molecular complexity index is 823. The lowest BCUT2D eigenvalue weighted by Crippen LogP contribution is -2.15. The van der Waals surface area contributed by atoms with E-state index in [0.29, 0.717) is 0 Å². The molecule has 1 aliphatic carbocycles. The quantitative estimate of drug-likeness (QED) is 0.501. The van der Waals surface area contributed by atoms with Gasteiger partial charge in [-0.25, -0.2) is 0 Å². The minimum atomic E-state index is -0.954. The Kier molecular flexibility index (Phi) is 8.56. The smallest absolute Gasteiger partial charge is 0.193 e. The van der Waals surface area contributed by atoms with E-state index in [9.17, 15) is 4.79 Å². The maximum Gasteiger partial charge on any atom is 0.193 e. The van der Waals surface area contributed by atoms with E-state index in [1.165, 1.54) is 5.56 Å². The highest BCUT2D eigenvalue weighted by Crippen LogP contribution is 2.26. The second-order valence-corrected chi connectivity index (χ2v) is 6.49. The maximum atomic E-state index is 12.1. The summed E-state index contributed by atoms with van der Waals surface area (Å²) in [5.74, 6) is 0.160. The summed E-state index contributed by atoms with van der Waals surface area (Å²) in [6.07, 6.45) is -0.0806. The van der Waals surface area contributed by atoms with Crippen LogP contribution in [0.15, 0.2) is 78.9 Å². The highest BCUT2D eigenvalue weighted by Gasteiger charge is 2.21. The van der Waals surface area contributed by atoms with Gasteiger partial charge < -0.3 is 15.3 Å². The first-order valence-corrected chi connectivity index (χ1v) is 9.18. The molecular weight excluding hydrogens is 352 g/mol. The van der Waals surface area contributed by atoms with E-state index in [2.05, 4.69) is 19.1 Å². The SMILES string of the molecule is Cc1ccccc1.O=C1c2ccccc2Cc2ccccc21.OCC(O)CO. The molecule has 0 aromatic heterocycles. The van der Waals surface area contributed by atoms with Crippen molar-refractivity contribution < 1.29 is 20.1 Å². The summed E-state index contributed by atoms with van der Waals surface area (Å²) in [7, 11) is 0. The number of aliphatic hydroxyl groups excluding tert-OH is 3. The first-order chi connectivity index (χ1) is 13.6. The zero-order chi connectivity index (χ0) is 20.4. The number of ketones is 1. The molecular formula is C24H26O4. The molecule has 0 saturated carbocycles. The van der Waals surface area contributed by atoms with Crippen LogP contribution in [0.3, 0.4) is 0 Å². The number of hydrogen-bond acceptors (Lipinski definition) is 4. The number of carbonyl (C=O) groups is 1. The van der Waals surface area contributed by atoms with Gasteiger partial charge >= 0.3 is 0 Å². The average molecular weight is 378 g/mol. The lowest BCUT2D eigenvalue weighted by atomic mass is 9.85. The third-order valence-corrected chi connectivity index (χ3v) is 4.27. The zero-order valence-electron chi connectivity index (χ0n) is 16.0. The molecule has 0 fully saturated rings. The van der Waals surface area contributed by atoms with Crippen LogP contribution in [0.2, 0.25) is 0 Å². The summed E-state index contributed by atoms with van der Waals surface area (Å²) >= 11 is 0. The minimum Gasteiger partial charge on any atom is -0.394 e. The largest absolute Gasteiger partial charge is 0.394 e. The number of carbonyl (C=O) groups excluding carboxylic acids is 1. The second-order valence-electron chi connectivity index (χ2n) is 6.49. The molecule has 0 unspecified atom stereocenters. The first-order valence-electron chi connectivity index (χ1n) is 9.18. The molecule has 0 heterocycles. The molecule has 3 aromatic carbocycles. The number of hydrogen-bond donors (Lipinski definition) is 3. The number of aliphatic hydroxyl groups is 3. The van der Waals surface area contributed by atoms with E-state index >= 15 is 0 Å². The summed E-state index contributed by atoms with van der Waals surface area (Å²) in [5.41, 5.74) is 5.32. The average Bonchev–Trinajstić information content (AvgIpc) is 2.75. The molecule has 0 radical (unpaired) electrons. The normalized spacial score (nSPS) is 11.4. The Labute approximate surface area is 165 Å². The van der Waals surface area contributed by atoms with Crippen LogP contribution < -0.4 is 0 Å². The predicted molar refractivity (Wildman–Crippen MR) is 110 cm³/mol. The lowest BCUT2D eigenvalue weighted by Gasteiger charge is -2.17. The van der Waals surface area contributed by atoms with Gasteiger partial charge in [-0.15, -0.1) is 0 Å². The van der Waals surface area contributed by atoms with Crippen molar-refractivity contribution >= 4 is 5.78 Å². The van der Waals surface area contributed by atoms with Crippen molar-refractivity contribution in [2.75, 3.05) is 13.2 Å². The molecule has 0 atom stereocenters. The van der Waals surface area contributed by atoms with E-state index in [1.54, 1.807) is 0 Å². The predicted octanol–water partition coefficient (Wildman–Crippen LogP) is 3.15. The van der Waals surface area contributed by atoms with Crippen LogP contribution in [0.5, 0.6) is 0 Å². The molecule has 0 bridgehead atoms. The molecule has 4 rings (SSSR count). The monoisotopic (exact) mass is 378 g/mol. The van der Waals surface area contributed by atoms with E-state index in [1.807, 2.05) is 66.7 Å². The van der Waals surface area contributed by atoms with Gasteiger partial charge in [0.15, 0.2) is 5.78 Å². The summed E-state index contributed by atoms with van der Waals surface area (Å²) in [6, 6.07) is 26.0. The standard InChI is InChI=1S/C14H10O.C7H8.C3H8O3/c15-14-12-7-3-1-5-10(12)9-11-6-2-4-8-13(11)14;1-7-5-3-2-4-6-7;4-1-3(6)2-5/h1-8H,9H2;2-6H,1H3;3-6H,1-2H2. The fourth-order valence-electron chi connectivity index (χ4n) is 2.73. The van der Waals surface area contributed by atoms with Crippen molar-refractivity contribution in [2.45, 2.75) is 19.4 Å². The van der Waals surface area contributed by atoms with Crippen LogP contribution in [0.4, 0.5) is 0 Å². The second kappa shape index (κ2) is 11.1. The Morgan fingerprint density at radius 1 is 0.750 bits per heavy atom. The summed E-state index contributed by atoms with van der Waals surface area (Å²) in [5, 5.41) is 24.0. The fraction of sp³-hybridized carbons (Fsp3) is 0.208. The third-order valence-electron chi connectivity index (χ3n) is 4.27. The third kappa shape index (κ3) is 6.13. The molecule has 4 heteroatoms. The van der Waals surface area contributed by atoms with Crippen LogP contribution in [-0.2, 0) is 6.42 Å². The van der Waals surface area contributed by atoms with Crippen molar-refractivity contribution in [1.82, 2.24) is 0 Å². The maximum absolute atomic E-state index is 12.1. The van der Waals surface area contributed by atoms with Crippen molar-refractivity contribution in [3.63, 3.8) is 0 Å². The fourth-order valence-corrected chi connectivity index (χ4v) is 2.73. The molecule has 146 valence electrons. The van der Waals surface area contributed by atoms with Crippen LogP contribution >= 0.6 is 0 Å². The Hall–Kier alpha value is -2.79. The molecule has 3 aromatic rings. The molecule has 0 amide bonds. The van der Waals surface area contributed by atoms with Gasteiger partial charge in [0, 0.05) is 11.1 Å². The van der Waals surface area contributed by atoms with E-state index in [-0.39, 0.29) is 19.0 Å².